The highest BCUT2D eigenvalue weighted by molar-refractivity contribution is 6.20. The molecule has 0 saturated carbocycles. The zero-order valence-electron chi connectivity index (χ0n) is 12.4. The average molecular weight is 306 g/mol. The molecule has 0 aliphatic carbocycles. The van der Waals surface area contributed by atoms with Crippen LogP contribution in [0.4, 0.5) is 0 Å². The number of ketones is 1. The van der Waals surface area contributed by atoms with Crippen LogP contribution in [0.5, 0.6) is 5.75 Å². The van der Waals surface area contributed by atoms with E-state index in [2.05, 4.69) is 0 Å². The molecule has 0 bridgehead atoms. The first-order chi connectivity index (χ1) is 11.1. The topological polar surface area (TPSA) is 63.6 Å². The summed E-state index contributed by atoms with van der Waals surface area (Å²) in [6, 6.07) is 17.6. The lowest BCUT2D eigenvalue weighted by Gasteiger charge is -2.11. The number of fused-ring (bicyclic) bond motifs is 1. The summed E-state index contributed by atoms with van der Waals surface area (Å²) in [5.41, 5.74) is 0.472. The largest absolute Gasteiger partial charge is 0.496 e. The van der Waals surface area contributed by atoms with Gasteiger partial charge in [0.1, 0.15) is 11.3 Å². The van der Waals surface area contributed by atoms with Crippen molar-refractivity contribution in [2.45, 2.75) is 0 Å². The van der Waals surface area contributed by atoms with Gasteiger partial charge in [0.25, 0.3) is 0 Å². The van der Waals surface area contributed by atoms with Gasteiger partial charge >= 0.3 is 5.97 Å². The van der Waals surface area contributed by atoms with Gasteiger partial charge in [-0.15, -0.1) is 0 Å². The summed E-state index contributed by atoms with van der Waals surface area (Å²) < 4.78 is 5.09. The first-order valence-electron chi connectivity index (χ1n) is 7.06. The summed E-state index contributed by atoms with van der Waals surface area (Å²) in [6.45, 7) is 0. The Morgan fingerprint density at radius 1 is 0.870 bits per heavy atom. The second-order valence-electron chi connectivity index (χ2n) is 5.04. The molecule has 4 heteroatoms. The van der Waals surface area contributed by atoms with Crippen LogP contribution < -0.4 is 4.74 Å². The van der Waals surface area contributed by atoms with Crippen LogP contribution in [-0.2, 0) is 0 Å². The molecular formula is C19H14O4. The number of hydrogen-bond donors (Lipinski definition) is 1. The number of methoxy groups -OCH3 is 1. The average Bonchev–Trinajstić information content (AvgIpc) is 2.59. The summed E-state index contributed by atoms with van der Waals surface area (Å²) in [4.78, 5) is 24.5. The van der Waals surface area contributed by atoms with Crippen molar-refractivity contribution in [3.05, 3.63) is 77.4 Å². The first kappa shape index (κ1) is 14.8. The van der Waals surface area contributed by atoms with Gasteiger partial charge < -0.3 is 9.84 Å². The third kappa shape index (κ3) is 2.55. The number of rotatable bonds is 4. The van der Waals surface area contributed by atoms with Crippen molar-refractivity contribution in [1.29, 1.82) is 0 Å². The molecule has 0 aromatic heterocycles. The number of hydrogen-bond acceptors (Lipinski definition) is 3. The highest BCUT2D eigenvalue weighted by Crippen LogP contribution is 2.27. The van der Waals surface area contributed by atoms with Crippen LogP contribution >= 0.6 is 0 Å². The van der Waals surface area contributed by atoms with Crippen LogP contribution in [-0.4, -0.2) is 24.0 Å². The Morgan fingerprint density at radius 2 is 1.52 bits per heavy atom. The number of carboxylic acids is 1. The Labute approximate surface area is 132 Å². The molecular weight excluding hydrogens is 292 g/mol. The quantitative estimate of drug-likeness (QED) is 0.745. The highest BCUT2D eigenvalue weighted by Gasteiger charge is 2.23. The van der Waals surface area contributed by atoms with Gasteiger partial charge in [0.15, 0.2) is 5.78 Å². The van der Waals surface area contributed by atoms with E-state index in [1.165, 1.54) is 19.2 Å². The minimum absolute atomic E-state index is 0.118. The van der Waals surface area contributed by atoms with Gasteiger partial charge in [-0.05, 0) is 22.9 Å². The second-order valence-corrected chi connectivity index (χ2v) is 5.04. The Bertz CT molecular complexity index is 907. The molecule has 0 spiro atoms. The molecule has 0 fully saturated rings. The zero-order chi connectivity index (χ0) is 16.4. The number of aromatic carboxylic acids is 1. The predicted molar refractivity (Wildman–Crippen MR) is 87.3 cm³/mol. The van der Waals surface area contributed by atoms with Crippen molar-refractivity contribution in [3.63, 3.8) is 0 Å². The van der Waals surface area contributed by atoms with Crippen LogP contribution in [0.2, 0.25) is 0 Å². The Kier molecular flexibility index (Phi) is 3.81. The van der Waals surface area contributed by atoms with Crippen LogP contribution in [0, 0.1) is 0 Å². The third-order valence-electron chi connectivity index (χ3n) is 3.74. The van der Waals surface area contributed by atoms with E-state index in [1.54, 1.807) is 18.2 Å². The van der Waals surface area contributed by atoms with Crippen LogP contribution in [0.15, 0.2) is 60.7 Å². The van der Waals surface area contributed by atoms with E-state index in [1.807, 2.05) is 30.3 Å². The van der Waals surface area contributed by atoms with Gasteiger partial charge in [0, 0.05) is 11.1 Å². The molecule has 3 aromatic carbocycles. The molecule has 114 valence electrons. The molecule has 3 rings (SSSR count). The maximum absolute atomic E-state index is 12.9. The van der Waals surface area contributed by atoms with E-state index in [4.69, 9.17) is 4.74 Å². The number of carbonyl (C=O) groups excluding carboxylic acids is 1. The first-order valence-corrected chi connectivity index (χ1v) is 7.06. The highest BCUT2D eigenvalue weighted by atomic mass is 16.5. The van der Waals surface area contributed by atoms with Crippen molar-refractivity contribution >= 4 is 22.5 Å². The molecule has 0 heterocycles. The van der Waals surface area contributed by atoms with Gasteiger partial charge in [0.2, 0.25) is 0 Å². The van der Waals surface area contributed by atoms with E-state index in [9.17, 15) is 14.7 Å². The van der Waals surface area contributed by atoms with Gasteiger partial charge in [-0.2, -0.15) is 0 Å². The van der Waals surface area contributed by atoms with Crippen molar-refractivity contribution in [2.75, 3.05) is 7.11 Å². The summed E-state index contributed by atoms with van der Waals surface area (Å²) in [5, 5.41) is 11.2. The van der Waals surface area contributed by atoms with Crippen molar-refractivity contribution in [1.82, 2.24) is 0 Å². The number of carboxylic acid groups (broad SMARTS) is 1. The smallest absolute Gasteiger partial charge is 0.340 e. The molecule has 0 atom stereocenters. The standard InChI is InChI=1S/C19H14O4/c1-23-16-11-5-10-15(17(16)19(21)22)18(20)14-9-4-7-12-6-2-3-8-13(12)14/h2-11H,1H3,(H,21,22). The fourth-order valence-electron chi connectivity index (χ4n) is 2.68. The Balaban J connectivity index is 2.23. The zero-order valence-corrected chi connectivity index (χ0v) is 12.4. The number of benzene rings is 3. The molecule has 0 unspecified atom stereocenters. The Morgan fingerprint density at radius 3 is 2.26 bits per heavy atom. The number of ether oxygens (including phenoxy) is 1. The number of carbonyl (C=O) groups is 2. The molecule has 3 aromatic rings. The fraction of sp³-hybridized carbons (Fsp3) is 0.0526. The Hall–Kier alpha value is -3.14. The lowest BCUT2D eigenvalue weighted by Crippen LogP contribution is -2.11. The lowest BCUT2D eigenvalue weighted by atomic mass is 9.94. The third-order valence-corrected chi connectivity index (χ3v) is 3.74. The van der Waals surface area contributed by atoms with Gasteiger partial charge in [-0.3, -0.25) is 4.79 Å². The van der Waals surface area contributed by atoms with E-state index < -0.39 is 5.97 Å². The maximum atomic E-state index is 12.9. The van der Waals surface area contributed by atoms with Gasteiger partial charge in [-0.25, -0.2) is 4.79 Å². The molecule has 0 amide bonds. The van der Waals surface area contributed by atoms with Gasteiger partial charge in [-0.1, -0.05) is 48.5 Å². The van der Waals surface area contributed by atoms with Crippen molar-refractivity contribution in [3.8, 4) is 5.75 Å². The SMILES string of the molecule is COc1cccc(C(=O)c2cccc3ccccc23)c1C(=O)O. The molecule has 0 aliphatic rings. The minimum atomic E-state index is -1.19. The van der Waals surface area contributed by atoms with E-state index in [-0.39, 0.29) is 22.7 Å². The van der Waals surface area contributed by atoms with Crippen LogP contribution in [0.25, 0.3) is 10.8 Å². The summed E-state index contributed by atoms with van der Waals surface area (Å²) in [6.07, 6.45) is 0. The molecule has 4 nitrogen and oxygen atoms in total. The van der Waals surface area contributed by atoms with Crippen molar-refractivity contribution in [2.24, 2.45) is 0 Å². The van der Waals surface area contributed by atoms with Crippen molar-refractivity contribution < 1.29 is 19.4 Å². The molecule has 23 heavy (non-hydrogen) atoms. The van der Waals surface area contributed by atoms with E-state index in [0.717, 1.165) is 10.8 Å². The van der Waals surface area contributed by atoms with E-state index in [0.29, 0.717) is 5.56 Å². The maximum Gasteiger partial charge on any atom is 0.340 e. The molecule has 1 N–H and O–H groups in total. The minimum Gasteiger partial charge on any atom is -0.496 e. The van der Waals surface area contributed by atoms with E-state index >= 15 is 0 Å². The van der Waals surface area contributed by atoms with Crippen LogP contribution in [0.3, 0.4) is 0 Å². The summed E-state index contributed by atoms with van der Waals surface area (Å²) >= 11 is 0. The summed E-state index contributed by atoms with van der Waals surface area (Å²) in [5.74, 6) is -1.35. The predicted octanol–water partition coefficient (Wildman–Crippen LogP) is 3.78. The monoisotopic (exact) mass is 306 g/mol. The van der Waals surface area contributed by atoms with Gasteiger partial charge in [0.05, 0.1) is 7.11 Å². The normalized spacial score (nSPS) is 10.5. The summed E-state index contributed by atoms with van der Waals surface area (Å²) in [7, 11) is 1.38. The molecule has 0 aliphatic heterocycles. The lowest BCUT2D eigenvalue weighted by molar-refractivity contribution is 0.0689. The molecule has 0 radical (unpaired) electrons. The van der Waals surface area contributed by atoms with Crippen LogP contribution in [0.1, 0.15) is 26.3 Å². The molecule has 0 saturated heterocycles. The second kappa shape index (κ2) is 5.93. The fourth-order valence-corrected chi connectivity index (χ4v) is 2.68.